The Balaban J connectivity index is 2.37. The molecule has 1 rings (SSSR count). The summed E-state index contributed by atoms with van der Waals surface area (Å²) in [6, 6.07) is 6.62. The van der Waals surface area contributed by atoms with Crippen LogP contribution in [0.5, 0.6) is 0 Å². The predicted molar refractivity (Wildman–Crippen MR) is 68.3 cm³/mol. The standard InChI is InChI=1S/C15H22/c1-4-5-6-7-8-11-15-12-9-10-13(2)14(15)3/h4,9-10,12H,1,5-8,11H2,2-3H3. The van der Waals surface area contributed by atoms with Gasteiger partial charge in [-0.25, -0.2) is 0 Å². The van der Waals surface area contributed by atoms with Crippen LogP contribution in [0.3, 0.4) is 0 Å². The minimum atomic E-state index is 1.16. The first-order chi connectivity index (χ1) is 7.25. The zero-order valence-corrected chi connectivity index (χ0v) is 10.1. The summed E-state index contributed by atoms with van der Waals surface area (Å²) in [5, 5.41) is 0. The molecule has 0 radical (unpaired) electrons. The van der Waals surface area contributed by atoms with Crippen molar-refractivity contribution >= 4 is 0 Å². The molecule has 0 N–H and O–H groups in total. The van der Waals surface area contributed by atoms with Gasteiger partial charge in [-0.05, 0) is 56.2 Å². The molecule has 0 spiro atoms. The number of hydrogen-bond donors (Lipinski definition) is 0. The molecule has 0 heteroatoms. The fourth-order valence-corrected chi connectivity index (χ4v) is 1.86. The number of benzene rings is 1. The highest BCUT2D eigenvalue weighted by atomic mass is 14.0. The lowest BCUT2D eigenvalue weighted by Gasteiger charge is -2.07. The maximum atomic E-state index is 3.74. The van der Waals surface area contributed by atoms with Crippen LogP contribution in [0, 0.1) is 13.8 Å². The Morgan fingerprint density at radius 1 is 1.13 bits per heavy atom. The summed E-state index contributed by atoms with van der Waals surface area (Å²) in [7, 11) is 0. The lowest BCUT2D eigenvalue weighted by atomic mass is 9.98. The van der Waals surface area contributed by atoms with Crippen molar-refractivity contribution in [2.24, 2.45) is 0 Å². The van der Waals surface area contributed by atoms with E-state index in [1.54, 1.807) is 0 Å². The third-order valence-corrected chi connectivity index (χ3v) is 3.07. The molecule has 0 amide bonds. The normalized spacial score (nSPS) is 10.3. The van der Waals surface area contributed by atoms with Crippen molar-refractivity contribution in [2.75, 3.05) is 0 Å². The van der Waals surface area contributed by atoms with Gasteiger partial charge in [0, 0.05) is 0 Å². The summed E-state index contributed by atoms with van der Waals surface area (Å²) in [6.07, 6.45) is 8.31. The first-order valence-corrected chi connectivity index (χ1v) is 5.91. The third-order valence-electron chi connectivity index (χ3n) is 3.07. The predicted octanol–water partition coefficient (Wildman–Crippen LogP) is 4.59. The number of rotatable bonds is 6. The van der Waals surface area contributed by atoms with Crippen molar-refractivity contribution in [3.63, 3.8) is 0 Å². The fourth-order valence-electron chi connectivity index (χ4n) is 1.86. The van der Waals surface area contributed by atoms with E-state index in [9.17, 15) is 0 Å². The lowest BCUT2D eigenvalue weighted by Crippen LogP contribution is -1.92. The van der Waals surface area contributed by atoms with Crippen LogP contribution in [0.25, 0.3) is 0 Å². The van der Waals surface area contributed by atoms with E-state index in [-0.39, 0.29) is 0 Å². The highest BCUT2D eigenvalue weighted by Gasteiger charge is 1.99. The quantitative estimate of drug-likeness (QED) is 0.467. The van der Waals surface area contributed by atoms with Gasteiger partial charge < -0.3 is 0 Å². The van der Waals surface area contributed by atoms with Crippen LogP contribution in [-0.2, 0) is 6.42 Å². The van der Waals surface area contributed by atoms with Gasteiger partial charge in [-0.15, -0.1) is 6.58 Å². The summed E-state index contributed by atoms with van der Waals surface area (Å²) in [5.74, 6) is 0. The monoisotopic (exact) mass is 202 g/mol. The lowest BCUT2D eigenvalue weighted by molar-refractivity contribution is 0.685. The maximum Gasteiger partial charge on any atom is -0.0276 e. The summed E-state index contributed by atoms with van der Waals surface area (Å²) >= 11 is 0. The van der Waals surface area contributed by atoms with Gasteiger partial charge in [0.05, 0.1) is 0 Å². The molecule has 0 atom stereocenters. The molecule has 15 heavy (non-hydrogen) atoms. The van der Waals surface area contributed by atoms with Gasteiger partial charge in [0.25, 0.3) is 0 Å². The molecule has 0 saturated carbocycles. The average molecular weight is 202 g/mol. The van der Waals surface area contributed by atoms with E-state index >= 15 is 0 Å². The van der Waals surface area contributed by atoms with Gasteiger partial charge in [-0.1, -0.05) is 30.7 Å². The summed E-state index contributed by atoms with van der Waals surface area (Å²) in [4.78, 5) is 0. The molecule has 0 aliphatic heterocycles. The first kappa shape index (κ1) is 12.0. The molecule has 1 aromatic rings. The molecular weight excluding hydrogens is 180 g/mol. The Labute approximate surface area is 94.0 Å². The zero-order valence-electron chi connectivity index (χ0n) is 10.1. The van der Waals surface area contributed by atoms with Crippen LogP contribution in [0.4, 0.5) is 0 Å². The second-order valence-corrected chi connectivity index (χ2v) is 4.25. The summed E-state index contributed by atoms with van der Waals surface area (Å²) in [5.41, 5.74) is 4.41. The zero-order chi connectivity index (χ0) is 11.1. The Hall–Kier alpha value is -1.04. The topological polar surface area (TPSA) is 0 Å². The van der Waals surface area contributed by atoms with Crippen LogP contribution >= 0.6 is 0 Å². The van der Waals surface area contributed by atoms with Gasteiger partial charge in [0.2, 0.25) is 0 Å². The minimum Gasteiger partial charge on any atom is -0.103 e. The smallest absolute Gasteiger partial charge is 0.0276 e. The van der Waals surface area contributed by atoms with Crippen molar-refractivity contribution in [1.82, 2.24) is 0 Å². The summed E-state index contributed by atoms with van der Waals surface area (Å²) < 4.78 is 0. The summed E-state index contributed by atoms with van der Waals surface area (Å²) in [6.45, 7) is 8.16. The second kappa shape index (κ2) is 6.44. The van der Waals surface area contributed by atoms with Gasteiger partial charge in [0.1, 0.15) is 0 Å². The van der Waals surface area contributed by atoms with Gasteiger partial charge in [-0.3, -0.25) is 0 Å². The largest absolute Gasteiger partial charge is 0.103 e. The maximum absolute atomic E-state index is 3.74. The van der Waals surface area contributed by atoms with Crippen molar-refractivity contribution in [3.05, 3.63) is 47.5 Å². The Morgan fingerprint density at radius 3 is 2.67 bits per heavy atom. The molecule has 82 valence electrons. The van der Waals surface area contributed by atoms with E-state index in [1.807, 2.05) is 6.08 Å². The molecule has 0 bridgehead atoms. The SMILES string of the molecule is C=CCCCCCc1cccc(C)c1C. The van der Waals surface area contributed by atoms with Gasteiger partial charge in [0.15, 0.2) is 0 Å². The molecule has 0 aromatic heterocycles. The van der Waals surface area contributed by atoms with Crippen molar-refractivity contribution in [2.45, 2.75) is 46.0 Å². The molecular formula is C15H22. The molecule has 1 aromatic carbocycles. The number of hydrogen-bond acceptors (Lipinski definition) is 0. The molecule has 0 fully saturated rings. The average Bonchev–Trinajstić information content (AvgIpc) is 2.24. The van der Waals surface area contributed by atoms with Gasteiger partial charge in [-0.2, -0.15) is 0 Å². The molecule has 0 unspecified atom stereocenters. The second-order valence-electron chi connectivity index (χ2n) is 4.25. The highest BCUT2D eigenvalue weighted by molar-refractivity contribution is 5.33. The van der Waals surface area contributed by atoms with Gasteiger partial charge >= 0.3 is 0 Å². The highest BCUT2D eigenvalue weighted by Crippen LogP contribution is 2.15. The van der Waals surface area contributed by atoms with Crippen molar-refractivity contribution in [1.29, 1.82) is 0 Å². The number of unbranched alkanes of at least 4 members (excludes halogenated alkanes) is 3. The Bertz CT molecular complexity index is 310. The molecule has 0 saturated heterocycles. The van der Waals surface area contributed by atoms with E-state index in [2.05, 4.69) is 38.6 Å². The van der Waals surface area contributed by atoms with E-state index in [0.717, 1.165) is 6.42 Å². The molecule has 0 nitrogen and oxygen atoms in total. The molecule has 0 heterocycles. The van der Waals surface area contributed by atoms with Crippen LogP contribution in [0.2, 0.25) is 0 Å². The molecule has 0 aliphatic carbocycles. The number of aryl methyl sites for hydroxylation is 2. The Kier molecular flexibility index (Phi) is 5.17. The van der Waals surface area contributed by atoms with E-state index < -0.39 is 0 Å². The van der Waals surface area contributed by atoms with Crippen LogP contribution in [0.1, 0.15) is 42.4 Å². The number of allylic oxidation sites excluding steroid dienone is 1. The van der Waals surface area contributed by atoms with Crippen molar-refractivity contribution < 1.29 is 0 Å². The molecule has 0 aliphatic rings. The first-order valence-electron chi connectivity index (χ1n) is 5.91. The van der Waals surface area contributed by atoms with Crippen LogP contribution < -0.4 is 0 Å². The third kappa shape index (κ3) is 3.91. The van der Waals surface area contributed by atoms with E-state index in [1.165, 1.54) is 42.4 Å². The fraction of sp³-hybridized carbons (Fsp3) is 0.467. The minimum absolute atomic E-state index is 1.16. The van der Waals surface area contributed by atoms with E-state index in [4.69, 9.17) is 0 Å². The van der Waals surface area contributed by atoms with Crippen molar-refractivity contribution in [3.8, 4) is 0 Å². The van der Waals surface area contributed by atoms with Crippen LogP contribution in [-0.4, -0.2) is 0 Å². The van der Waals surface area contributed by atoms with E-state index in [0.29, 0.717) is 0 Å². The van der Waals surface area contributed by atoms with Crippen LogP contribution in [0.15, 0.2) is 30.9 Å². The Morgan fingerprint density at radius 2 is 1.93 bits per heavy atom.